The smallest absolute Gasteiger partial charge is 0.243 e. The molecule has 0 aliphatic carbocycles. The quantitative estimate of drug-likeness (QED) is 0.420. The summed E-state index contributed by atoms with van der Waals surface area (Å²) in [5.74, 6) is 0. The molecular formula is C33H46N4O5S. The van der Waals surface area contributed by atoms with Crippen LogP contribution in [-0.4, -0.2) is 106 Å². The van der Waals surface area contributed by atoms with E-state index >= 15 is 0 Å². The molecule has 10 heteroatoms. The molecule has 2 heterocycles. The summed E-state index contributed by atoms with van der Waals surface area (Å²) >= 11 is 0. The van der Waals surface area contributed by atoms with E-state index in [0.717, 1.165) is 36.4 Å². The second-order valence-corrected chi connectivity index (χ2v) is 13.2. The van der Waals surface area contributed by atoms with Gasteiger partial charge >= 0.3 is 0 Å². The third kappa shape index (κ3) is 7.99. The van der Waals surface area contributed by atoms with E-state index in [4.69, 9.17) is 14.2 Å². The highest BCUT2D eigenvalue weighted by Gasteiger charge is 2.27. The van der Waals surface area contributed by atoms with Crippen molar-refractivity contribution in [1.82, 2.24) is 4.31 Å². The Morgan fingerprint density at radius 1 is 0.581 bits per heavy atom. The van der Waals surface area contributed by atoms with Crippen molar-refractivity contribution in [1.29, 1.82) is 0 Å². The van der Waals surface area contributed by atoms with E-state index in [1.54, 1.807) is 6.07 Å². The molecule has 0 aromatic heterocycles. The van der Waals surface area contributed by atoms with Gasteiger partial charge in [0.05, 0.1) is 44.5 Å². The lowest BCUT2D eigenvalue weighted by atomic mass is 10.1. The minimum atomic E-state index is -3.80. The minimum absolute atomic E-state index is 0.241. The maximum atomic E-state index is 14.0. The average Bonchev–Trinajstić information content (AvgIpc) is 3.04. The van der Waals surface area contributed by atoms with E-state index in [2.05, 4.69) is 34.1 Å². The van der Waals surface area contributed by atoms with E-state index in [1.165, 1.54) is 29.3 Å². The maximum absolute atomic E-state index is 14.0. The Morgan fingerprint density at radius 2 is 1.09 bits per heavy atom. The molecule has 0 unspecified atom stereocenters. The first-order valence-corrected chi connectivity index (χ1v) is 16.9. The number of piperidine rings is 1. The summed E-state index contributed by atoms with van der Waals surface area (Å²) in [5.41, 5.74) is 3.38. The molecule has 3 aromatic carbocycles. The largest absolute Gasteiger partial charge is 0.378 e. The molecule has 0 saturated carbocycles. The van der Waals surface area contributed by atoms with Crippen molar-refractivity contribution in [3.8, 4) is 0 Å². The van der Waals surface area contributed by atoms with Crippen LogP contribution in [0.5, 0.6) is 0 Å². The van der Waals surface area contributed by atoms with Gasteiger partial charge in [0, 0.05) is 81.2 Å². The molecule has 9 nitrogen and oxygen atoms in total. The van der Waals surface area contributed by atoms with Crippen molar-refractivity contribution >= 4 is 37.9 Å². The number of hydrogen-bond donors (Lipinski definition) is 0. The van der Waals surface area contributed by atoms with Crippen LogP contribution in [0.15, 0.2) is 65.6 Å². The van der Waals surface area contributed by atoms with Crippen LogP contribution in [0.1, 0.15) is 19.3 Å². The topological polar surface area (TPSA) is 74.8 Å². The first-order valence-electron chi connectivity index (χ1n) is 15.5. The zero-order valence-electron chi connectivity index (χ0n) is 25.6. The van der Waals surface area contributed by atoms with Gasteiger partial charge in [-0.1, -0.05) is 24.3 Å². The van der Waals surface area contributed by atoms with Gasteiger partial charge in [0.2, 0.25) is 10.0 Å². The van der Waals surface area contributed by atoms with Gasteiger partial charge in [0.25, 0.3) is 0 Å². The summed E-state index contributed by atoms with van der Waals surface area (Å²) in [6.07, 6.45) is 3.83. The predicted molar refractivity (Wildman–Crippen MR) is 174 cm³/mol. The van der Waals surface area contributed by atoms with Crippen LogP contribution < -0.4 is 14.7 Å². The summed E-state index contributed by atoms with van der Waals surface area (Å²) in [7, 11) is 0.122. The number of ether oxygens (including phenoxy) is 3. The highest BCUT2D eigenvalue weighted by atomic mass is 32.2. The Morgan fingerprint density at radius 3 is 1.70 bits per heavy atom. The van der Waals surface area contributed by atoms with Crippen molar-refractivity contribution in [3.63, 3.8) is 0 Å². The third-order valence-electron chi connectivity index (χ3n) is 8.25. The first-order chi connectivity index (χ1) is 20.9. The summed E-state index contributed by atoms with van der Waals surface area (Å²) in [4.78, 5) is 7.03. The van der Waals surface area contributed by atoms with Crippen molar-refractivity contribution in [3.05, 3.63) is 60.7 Å². The number of sulfonamides is 1. The number of hydrogen-bond acceptors (Lipinski definition) is 8. The van der Waals surface area contributed by atoms with E-state index in [0.29, 0.717) is 49.9 Å². The van der Waals surface area contributed by atoms with Crippen LogP contribution >= 0.6 is 0 Å². The molecule has 0 amide bonds. The molecule has 2 aliphatic heterocycles. The number of benzene rings is 3. The Kier molecular flexibility index (Phi) is 11.2. The Bertz CT molecular complexity index is 1410. The molecule has 5 rings (SSSR count). The number of anilines is 3. The molecular weight excluding hydrogens is 564 g/mol. The standard InChI is InChI=1S/C33H46N4O5S/c1-34(2)32-10-6-9-31-30(32)8-7-11-33(31)43(38,39)37-20-24-40-22-18-36(19-23-41-26-27-42-25-21-37)29-14-12-28(13-15-29)35-16-4-3-5-17-35/h6-15H,3-5,16-27H2,1-2H3. The number of fused-ring (bicyclic) bond motifs is 1. The first kappa shape index (κ1) is 31.5. The normalized spacial score (nSPS) is 19.1. The van der Waals surface area contributed by atoms with E-state index in [9.17, 15) is 8.42 Å². The average molecular weight is 611 g/mol. The van der Waals surface area contributed by atoms with Crippen molar-refractivity contribution in [2.24, 2.45) is 0 Å². The Hall–Kier alpha value is -2.89. The van der Waals surface area contributed by atoms with Gasteiger partial charge in [-0.15, -0.1) is 0 Å². The molecule has 2 fully saturated rings. The Balaban J connectivity index is 1.27. The van der Waals surface area contributed by atoms with Crippen molar-refractivity contribution in [2.75, 3.05) is 108 Å². The van der Waals surface area contributed by atoms with Gasteiger partial charge in [-0.25, -0.2) is 8.42 Å². The van der Waals surface area contributed by atoms with Crippen molar-refractivity contribution < 1.29 is 22.6 Å². The highest BCUT2D eigenvalue weighted by molar-refractivity contribution is 7.89. The third-order valence-corrected chi connectivity index (χ3v) is 10.2. The molecule has 2 saturated heterocycles. The van der Waals surface area contributed by atoms with Gasteiger partial charge in [-0.2, -0.15) is 4.31 Å². The molecule has 0 bridgehead atoms. The zero-order chi connectivity index (χ0) is 30.1. The van der Waals surface area contributed by atoms with Crippen LogP contribution in [0.4, 0.5) is 17.1 Å². The van der Waals surface area contributed by atoms with Gasteiger partial charge in [-0.05, 0) is 55.7 Å². The summed E-state index contributed by atoms with van der Waals surface area (Å²) in [6.45, 7) is 6.67. The molecule has 0 radical (unpaired) electrons. The SMILES string of the molecule is CN(C)c1cccc2c(S(=O)(=O)N3CCOCCOCCN(c4ccc(N5CCCCC5)cc4)CCOCC3)cccc12. The lowest BCUT2D eigenvalue weighted by molar-refractivity contribution is 0.0464. The van der Waals surface area contributed by atoms with Crippen LogP contribution in [0.3, 0.4) is 0 Å². The van der Waals surface area contributed by atoms with Crippen LogP contribution in [0.2, 0.25) is 0 Å². The van der Waals surface area contributed by atoms with E-state index in [1.807, 2.05) is 49.3 Å². The van der Waals surface area contributed by atoms with E-state index < -0.39 is 10.0 Å². The highest BCUT2D eigenvalue weighted by Crippen LogP contribution is 2.31. The maximum Gasteiger partial charge on any atom is 0.243 e. The van der Waals surface area contributed by atoms with Crippen LogP contribution in [0.25, 0.3) is 10.8 Å². The molecule has 0 atom stereocenters. The Labute approximate surface area is 257 Å². The molecule has 3 aromatic rings. The molecule has 0 spiro atoms. The van der Waals surface area contributed by atoms with Crippen LogP contribution in [-0.2, 0) is 24.2 Å². The number of rotatable bonds is 5. The van der Waals surface area contributed by atoms with Crippen molar-refractivity contribution in [2.45, 2.75) is 24.2 Å². The van der Waals surface area contributed by atoms with Gasteiger partial charge in [-0.3, -0.25) is 0 Å². The van der Waals surface area contributed by atoms with Gasteiger partial charge < -0.3 is 28.9 Å². The lowest BCUT2D eigenvalue weighted by Gasteiger charge is -2.30. The van der Waals surface area contributed by atoms with Gasteiger partial charge in [0.1, 0.15) is 0 Å². The number of nitrogens with zero attached hydrogens (tertiary/aromatic N) is 4. The fourth-order valence-corrected chi connectivity index (χ4v) is 7.49. The predicted octanol–water partition coefficient (Wildman–Crippen LogP) is 4.46. The minimum Gasteiger partial charge on any atom is -0.378 e. The fraction of sp³-hybridized carbons (Fsp3) is 0.515. The fourth-order valence-electron chi connectivity index (χ4n) is 5.87. The summed E-state index contributed by atoms with van der Waals surface area (Å²) in [6, 6.07) is 20.0. The second kappa shape index (κ2) is 15.2. The monoisotopic (exact) mass is 610 g/mol. The molecule has 2 aliphatic rings. The molecule has 43 heavy (non-hydrogen) atoms. The van der Waals surface area contributed by atoms with Crippen LogP contribution in [0, 0.1) is 0 Å². The molecule has 234 valence electrons. The van der Waals surface area contributed by atoms with Gasteiger partial charge in [0.15, 0.2) is 0 Å². The summed E-state index contributed by atoms with van der Waals surface area (Å²) in [5, 5.41) is 1.61. The summed E-state index contributed by atoms with van der Waals surface area (Å²) < 4.78 is 47.2. The lowest BCUT2D eigenvalue weighted by Crippen LogP contribution is -2.37. The zero-order valence-corrected chi connectivity index (χ0v) is 26.4. The second-order valence-electron chi connectivity index (χ2n) is 11.3. The van der Waals surface area contributed by atoms with E-state index in [-0.39, 0.29) is 19.7 Å². The molecule has 0 N–H and O–H groups in total.